The standard InChI is InChI=1S/C14H25N5S2/c1-5-9-16-14(6-2,11-15)8-7-10-20-13-18-17-12(21-13)19(3)4/h16H,5-10H2,1-4H3. The van der Waals surface area contributed by atoms with E-state index < -0.39 is 0 Å². The van der Waals surface area contributed by atoms with Crippen molar-refractivity contribution in [1.82, 2.24) is 15.5 Å². The number of nitrogens with zero attached hydrogens (tertiary/aromatic N) is 4. The number of nitriles is 1. The third-order valence-electron chi connectivity index (χ3n) is 3.28. The zero-order valence-corrected chi connectivity index (χ0v) is 15.0. The van der Waals surface area contributed by atoms with Gasteiger partial charge < -0.3 is 4.90 Å². The van der Waals surface area contributed by atoms with Crippen molar-refractivity contribution in [3.8, 4) is 6.07 Å². The van der Waals surface area contributed by atoms with Crippen LogP contribution in [0.5, 0.6) is 0 Å². The lowest BCUT2D eigenvalue weighted by molar-refractivity contribution is 0.371. The van der Waals surface area contributed by atoms with E-state index in [9.17, 15) is 5.26 Å². The van der Waals surface area contributed by atoms with Gasteiger partial charge in [-0.25, -0.2) is 0 Å². The van der Waals surface area contributed by atoms with Crippen molar-refractivity contribution in [1.29, 1.82) is 5.26 Å². The second-order valence-electron chi connectivity index (χ2n) is 5.17. The highest BCUT2D eigenvalue weighted by atomic mass is 32.2. The van der Waals surface area contributed by atoms with E-state index in [1.807, 2.05) is 19.0 Å². The van der Waals surface area contributed by atoms with Crippen LogP contribution in [-0.4, -0.2) is 42.1 Å². The minimum absolute atomic E-state index is 0.369. The van der Waals surface area contributed by atoms with Crippen molar-refractivity contribution in [2.45, 2.75) is 49.4 Å². The normalized spacial score (nSPS) is 13.7. The first-order valence-electron chi connectivity index (χ1n) is 7.36. The van der Waals surface area contributed by atoms with E-state index in [1.54, 1.807) is 23.1 Å². The lowest BCUT2D eigenvalue weighted by atomic mass is 9.92. The highest BCUT2D eigenvalue weighted by Gasteiger charge is 2.26. The van der Waals surface area contributed by atoms with E-state index in [2.05, 4.69) is 35.4 Å². The fourth-order valence-corrected chi connectivity index (χ4v) is 3.68. The summed E-state index contributed by atoms with van der Waals surface area (Å²) in [6, 6.07) is 2.47. The van der Waals surface area contributed by atoms with Crippen molar-refractivity contribution in [2.75, 3.05) is 31.3 Å². The minimum Gasteiger partial charge on any atom is -0.353 e. The molecule has 0 saturated heterocycles. The molecule has 1 atom stereocenters. The Kier molecular flexibility index (Phi) is 8.01. The summed E-state index contributed by atoms with van der Waals surface area (Å²) in [4.78, 5) is 1.97. The number of aromatic nitrogens is 2. The third-order valence-corrected chi connectivity index (χ3v) is 5.59. The smallest absolute Gasteiger partial charge is 0.208 e. The zero-order valence-electron chi connectivity index (χ0n) is 13.3. The topological polar surface area (TPSA) is 64.8 Å². The number of rotatable bonds is 10. The molecule has 1 heterocycles. The molecule has 1 aromatic rings. The van der Waals surface area contributed by atoms with Crippen molar-refractivity contribution in [2.24, 2.45) is 0 Å². The van der Waals surface area contributed by atoms with E-state index in [0.717, 1.165) is 47.5 Å². The number of anilines is 1. The maximum atomic E-state index is 9.44. The third kappa shape index (κ3) is 5.81. The molecular formula is C14H25N5S2. The molecule has 7 heteroatoms. The molecule has 21 heavy (non-hydrogen) atoms. The van der Waals surface area contributed by atoms with Gasteiger partial charge in [-0.15, -0.1) is 10.2 Å². The van der Waals surface area contributed by atoms with Gasteiger partial charge in [0.2, 0.25) is 5.13 Å². The van der Waals surface area contributed by atoms with Crippen LogP contribution in [0.15, 0.2) is 4.34 Å². The molecule has 0 aliphatic heterocycles. The number of hydrogen-bond donors (Lipinski definition) is 1. The summed E-state index contributed by atoms with van der Waals surface area (Å²) in [7, 11) is 3.94. The number of thioether (sulfide) groups is 1. The molecule has 0 amide bonds. The van der Waals surface area contributed by atoms with Crippen LogP contribution in [0, 0.1) is 11.3 Å². The van der Waals surface area contributed by atoms with Gasteiger partial charge in [0, 0.05) is 19.8 Å². The molecule has 1 N–H and O–H groups in total. The maximum Gasteiger partial charge on any atom is 0.208 e. The summed E-state index contributed by atoms with van der Waals surface area (Å²) in [6.07, 6.45) is 3.78. The maximum absolute atomic E-state index is 9.44. The first kappa shape index (κ1) is 18.2. The lowest BCUT2D eigenvalue weighted by Gasteiger charge is -2.26. The molecule has 0 aliphatic carbocycles. The summed E-state index contributed by atoms with van der Waals surface area (Å²) in [5.74, 6) is 0.972. The molecule has 0 fully saturated rings. The molecule has 1 rings (SSSR count). The first-order valence-corrected chi connectivity index (χ1v) is 9.17. The summed E-state index contributed by atoms with van der Waals surface area (Å²) in [6.45, 7) is 5.10. The van der Waals surface area contributed by atoms with E-state index >= 15 is 0 Å². The highest BCUT2D eigenvalue weighted by molar-refractivity contribution is 8.01. The van der Waals surface area contributed by atoms with Crippen molar-refractivity contribution < 1.29 is 0 Å². The van der Waals surface area contributed by atoms with Crippen LogP contribution in [0.2, 0.25) is 0 Å². The highest BCUT2D eigenvalue weighted by Crippen LogP contribution is 2.28. The Morgan fingerprint density at radius 2 is 2.14 bits per heavy atom. The molecule has 0 spiro atoms. The monoisotopic (exact) mass is 327 g/mol. The minimum atomic E-state index is -0.369. The van der Waals surface area contributed by atoms with E-state index in [4.69, 9.17) is 0 Å². The van der Waals surface area contributed by atoms with Gasteiger partial charge in [-0.1, -0.05) is 36.9 Å². The van der Waals surface area contributed by atoms with Crippen LogP contribution in [0.1, 0.15) is 39.5 Å². The Bertz CT molecular complexity index is 454. The van der Waals surface area contributed by atoms with Gasteiger partial charge in [0.05, 0.1) is 6.07 Å². The summed E-state index contributed by atoms with van der Waals surface area (Å²) >= 11 is 3.34. The van der Waals surface area contributed by atoms with Gasteiger partial charge in [-0.05, 0) is 32.2 Å². The molecule has 0 bridgehead atoms. The summed E-state index contributed by atoms with van der Waals surface area (Å²) < 4.78 is 0.999. The Hall–Kier alpha value is -0.840. The van der Waals surface area contributed by atoms with Crippen LogP contribution in [0.3, 0.4) is 0 Å². The van der Waals surface area contributed by atoms with Crippen LogP contribution >= 0.6 is 23.1 Å². The molecule has 118 valence electrons. The van der Waals surface area contributed by atoms with Gasteiger partial charge in [-0.2, -0.15) is 5.26 Å². The number of nitrogens with one attached hydrogen (secondary N) is 1. The van der Waals surface area contributed by atoms with E-state index in [0.29, 0.717) is 0 Å². The van der Waals surface area contributed by atoms with Crippen LogP contribution in [-0.2, 0) is 0 Å². The summed E-state index contributed by atoms with van der Waals surface area (Å²) in [5.41, 5.74) is -0.369. The fraction of sp³-hybridized carbons (Fsp3) is 0.786. The molecule has 1 unspecified atom stereocenters. The molecule has 0 radical (unpaired) electrons. The lowest BCUT2D eigenvalue weighted by Crippen LogP contribution is -2.43. The van der Waals surface area contributed by atoms with Crippen molar-refractivity contribution >= 4 is 28.2 Å². The van der Waals surface area contributed by atoms with Crippen LogP contribution in [0.25, 0.3) is 0 Å². The Balaban J connectivity index is 2.38. The van der Waals surface area contributed by atoms with Gasteiger partial charge in [0.25, 0.3) is 0 Å². The molecule has 0 saturated carbocycles. The fourth-order valence-electron chi connectivity index (χ4n) is 1.90. The predicted molar refractivity (Wildman–Crippen MR) is 91.1 cm³/mol. The van der Waals surface area contributed by atoms with E-state index in [1.165, 1.54) is 0 Å². The quantitative estimate of drug-likeness (QED) is 0.526. The Labute approximate surface area is 136 Å². The van der Waals surface area contributed by atoms with Crippen LogP contribution in [0.4, 0.5) is 5.13 Å². The van der Waals surface area contributed by atoms with Crippen LogP contribution < -0.4 is 10.2 Å². The molecule has 5 nitrogen and oxygen atoms in total. The largest absolute Gasteiger partial charge is 0.353 e. The number of hydrogen-bond acceptors (Lipinski definition) is 7. The average molecular weight is 328 g/mol. The molecule has 1 aromatic heterocycles. The Morgan fingerprint density at radius 3 is 2.67 bits per heavy atom. The second kappa shape index (κ2) is 9.23. The average Bonchev–Trinajstić information content (AvgIpc) is 2.96. The Morgan fingerprint density at radius 1 is 1.38 bits per heavy atom. The first-order chi connectivity index (χ1) is 10.1. The van der Waals surface area contributed by atoms with Crippen molar-refractivity contribution in [3.05, 3.63) is 0 Å². The molecule has 0 aromatic carbocycles. The summed E-state index contributed by atoms with van der Waals surface area (Å²) in [5, 5.41) is 22.1. The van der Waals surface area contributed by atoms with E-state index in [-0.39, 0.29) is 5.54 Å². The SMILES string of the molecule is CCCNC(C#N)(CC)CCCSc1nnc(N(C)C)s1. The van der Waals surface area contributed by atoms with Gasteiger partial charge >= 0.3 is 0 Å². The van der Waals surface area contributed by atoms with Crippen molar-refractivity contribution in [3.63, 3.8) is 0 Å². The van der Waals surface area contributed by atoms with Gasteiger partial charge in [0.1, 0.15) is 5.54 Å². The molecular weight excluding hydrogens is 302 g/mol. The molecule has 0 aliphatic rings. The van der Waals surface area contributed by atoms with Gasteiger partial charge in [-0.3, -0.25) is 5.32 Å². The zero-order chi connectivity index (χ0) is 15.7. The van der Waals surface area contributed by atoms with Gasteiger partial charge in [0.15, 0.2) is 4.34 Å². The predicted octanol–water partition coefficient (Wildman–Crippen LogP) is 3.15. The second-order valence-corrected chi connectivity index (χ2v) is 7.47.